The third-order valence-electron chi connectivity index (χ3n) is 11.5. The summed E-state index contributed by atoms with van der Waals surface area (Å²) in [6, 6.07) is 31.4. The Balaban J connectivity index is 0.000000243. The van der Waals surface area contributed by atoms with Crippen LogP contribution >= 0.6 is 0 Å². The van der Waals surface area contributed by atoms with Crippen molar-refractivity contribution in [2.45, 2.75) is 137 Å². The van der Waals surface area contributed by atoms with E-state index in [2.05, 4.69) is 76.3 Å². The van der Waals surface area contributed by atoms with Crippen molar-refractivity contribution in [1.29, 1.82) is 0 Å². The number of carboxylic acid groups (broad SMARTS) is 1. The molecule has 11 heteroatoms. The summed E-state index contributed by atoms with van der Waals surface area (Å²) in [7, 11) is 1.65. The molecule has 1 atom stereocenters. The molecule has 0 spiro atoms. The number of nitrogens with one attached hydrogen (secondary N) is 1. The van der Waals surface area contributed by atoms with Crippen molar-refractivity contribution >= 4 is 17.9 Å². The number of aliphatic carboxylic acids is 1. The summed E-state index contributed by atoms with van der Waals surface area (Å²) >= 11 is 0. The number of imidazole rings is 1. The number of nitrogens with zero attached hydrogens (tertiary/aromatic N) is 3. The van der Waals surface area contributed by atoms with Crippen molar-refractivity contribution < 1.29 is 29.0 Å². The lowest BCUT2D eigenvalue weighted by Gasteiger charge is -2.21. The number of carbonyl (C=O) groups is 3. The molecule has 4 aromatic carbocycles. The van der Waals surface area contributed by atoms with E-state index in [4.69, 9.17) is 9.47 Å². The maximum atomic E-state index is 13.1. The molecule has 0 bridgehead atoms. The van der Waals surface area contributed by atoms with Crippen LogP contribution in [0.5, 0.6) is 11.5 Å². The van der Waals surface area contributed by atoms with E-state index in [1.807, 2.05) is 76.0 Å². The zero-order valence-corrected chi connectivity index (χ0v) is 38.4. The van der Waals surface area contributed by atoms with Gasteiger partial charge in [0, 0.05) is 18.4 Å². The molecule has 0 saturated carbocycles. The molecule has 63 heavy (non-hydrogen) atoms. The Morgan fingerprint density at radius 3 is 1.73 bits per heavy atom. The quantitative estimate of drug-likeness (QED) is 0.0745. The fourth-order valence-electron chi connectivity index (χ4n) is 7.51. The van der Waals surface area contributed by atoms with Gasteiger partial charge in [0.25, 0.3) is 5.91 Å². The molecule has 1 saturated heterocycles. The second-order valence-corrected chi connectivity index (χ2v) is 17.6. The monoisotopic (exact) mass is 858 g/mol. The summed E-state index contributed by atoms with van der Waals surface area (Å²) in [5.41, 5.74) is 6.84. The van der Waals surface area contributed by atoms with Gasteiger partial charge >= 0.3 is 17.7 Å². The number of imide groups is 1. The molecule has 11 nitrogen and oxygen atoms in total. The Kier molecular flexibility index (Phi) is 17.0. The van der Waals surface area contributed by atoms with Crippen LogP contribution < -0.4 is 20.5 Å². The van der Waals surface area contributed by atoms with Gasteiger partial charge in [0.05, 0.1) is 20.2 Å². The highest BCUT2D eigenvalue weighted by Crippen LogP contribution is 2.22. The lowest BCUT2D eigenvalue weighted by molar-refractivity contribution is -0.152. The number of carboxylic acids is 1. The van der Waals surface area contributed by atoms with Gasteiger partial charge in [-0.1, -0.05) is 107 Å². The molecule has 336 valence electrons. The van der Waals surface area contributed by atoms with Gasteiger partial charge in [-0.2, -0.15) is 0 Å². The van der Waals surface area contributed by atoms with Gasteiger partial charge in [0.1, 0.15) is 17.5 Å². The van der Waals surface area contributed by atoms with Crippen molar-refractivity contribution in [3.63, 3.8) is 0 Å². The van der Waals surface area contributed by atoms with E-state index in [0.717, 1.165) is 73.2 Å². The first-order chi connectivity index (χ1) is 30.1. The largest absolute Gasteiger partial charge is 0.497 e. The highest BCUT2D eigenvalue weighted by atomic mass is 16.5. The predicted octanol–water partition coefficient (Wildman–Crippen LogP) is 9.91. The van der Waals surface area contributed by atoms with E-state index in [-0.39, 0.29) is 17.6 Å². The highest BCUT2D eigenvalue weighted by Gasteiger charge is 2.37. The van der Waals surface area contributed by atoms with Crippen LogP contribution in [0, 0.1) is 0 Å². The third kappa shape index (κ3) is 13.4. The van der Waals surface area contributed by atoms with Crippen LogP contribution in [0.4, 0.5) is 4.79 Å². The topological polar surface area (TPSA) is 132 Å². The predicted molar refractivity (Wildman–Crippen MR) is 249 cm³/mol. The third-order valence-corrected chi connectivity index (χ3v) is 11.5. The SMILES string of the molecule is CCCn1c(CCCc2ccc(OC(C)(C)C(=O)O)cc2)cn(Cc2ccc(C(C)C)cc2)c1=O.COc1ccc(CCCC2NC(=O)N(Cc3ccc(C(C)C)cc3)C2=O)cc1. The van der Waals surface area contributed by atoms with Crippen LogP contribution in [0.3, 0.4) is 0 Å². The van der Waals surface area contributed by atoms with Crippen molar-refractivity contribution in [2.24, 2.45) is 0 Å². The van der Waals surface area contributed by atoms with Crippen LogP contribution in [0.15, 0.2) is 108 Å². The average molecular weight is 859 g/mol. The van der Waals surface area contributed by atoms with Gasteiger partial charge in [-0.05, 0) is 128 Å². The van der Waals surface area contributed by atoms with Crippen molar-refractivity contribution in [1.82, 2.24) is 19.4 Å². The summed E-state index contributed by atoms with van der Waals surface area (Å²) in [4.78, 5) is 50.5. The molecule has 6 rings (SSSR count). The Labute approximate surface area is 373 Å². The molecule has 0 aliphatic carbocycles. The fourth-order valence-corrected chi connectivity index (χ4v) is 7.51. The Hall–Kier alpha value is -6.10. The maximum absolute atomic E-state index is 13.1. The van der Waals surface area contributed by atoms with Gasteiger partial charge < -0.3 is 19.9 Å². The van der Waals surface area contributed by atoms with Crippen LogP contribution in [-0.4, -0.2) is 55.8 Å². The van der Waals surface area contributed by atoms with E-state index >= 15 is 0 Å². The smallest absolute Gasteiger partial charge is 0.347 e. The zero-order chi connectivity index (χ0) is 45.7. The molecule has 5 aromatic rings. The van der Waals surface area contributed by atoms with Crippen molar-refractivity contribution in [3.8, 4) is 11.5 Å². The molecule has 1 unspecified atom stereocenters. The number of aryl methyl sites for hydroxylation is 3. The zero-order valence-electron chi connectivity index (χ0n) is 38.4. The van der Waals surface area contributed by atoms with Crippen LogP contribution in [-0.2, 0) is 48.5 Å². The molecule has 1 fully saturated rings. The minimum Gasteiger partial charge on any atom is -0.497 e. The molecule has 3 amide bonds. The summed E-state index contributed by atoms with van der Waals surface area (Å²) < 4.78 is 14.5. The van der Waals surface area contributed by atoms with Gasteiger partial charge in [0.15, 0.2) is 5.60 Å². The average Bonchev–Trinajstić information content (AvgIpc) is 3.70. The van der Waals surface area contributed by atoms with E-state index < -0.39 is 17.6 Å². The van der Waals surface area contributed by atoms with Crippen LogP contribution in [0.1, 0.15) is 125 Å². The van der Waals surface area contributed by atoms with Gasteiger partial charge in [-0.25, -0.2) is 14.4 Å². The number of carbonyl (C=O) groups excluding carboxylic acids is 2. The summed E-state index contributed by atoms with van der Waals surface area (Å²) in [6.45, 7) is 15.4. The Morgan fingerprint density at radius 2 is 1.22 bits per heavy atom. The second kappa shape index (κ2) is 22.3. The first kappa shape index (κ1) is 47.9. The molecule has 1 aliphatic heterocycles. The van der Waals surface area contributed by atoms with Crippen molar-refractivity contribution in [3.05, 3.63) is 153 Å². The maximum Gasteiger partial charge on any atom is 0.347 e. The first-order valence-electron chi connectivity index (χ1n) is 22.3. The number of aromatic nitrogens is 2. The molecule has 2 heterocycles. The number of benzene rings is 4. The molecule has 1 aliphatic rings. The lowest BCUT2D eigenvalue weighted by atomic mass is 10.0. The van der Waals surface area contributed by atoms with E-state index in [1.54, 1.807) is 7.11 Å². The Bertz CT molecular complexity index is 2310. The minimum absolute atomic E-state index is 0.0531. The van der Waals surface area contributed by atoms with Gasteiger partial charge in [-0.3, -0.25) is 18.8 Å². The summed E-state index contributed by atoms with van der Waals surface area (Å²) in [5, 5.41) is 12.1. The number of ether oxygens (including phenoxy) is 2. The first-order valence-corrected chi connectivity index (χ1v) is 22.3. The number of hydrogen-bond donors (Lipinski definition) is 2. The number of methoxy groups -OCH3 is 1. The molecular formula is C52H66N4O7. The normalized spacial score (nSPS) is 13.9. The van der Waals surface area contributed by atoms with E-state index in [1.165, 1.54) is 35.4 Å². The van der Waals surface area contributed by atoms with Crippen molar-refractivity contribution in [2.75, 3.05) is 7.11 Å². The standard InChI is InChI=1S/C29H38N2O4.C23H28N2O3/c1-6-18-31-25(20-30(28(31)34)19-23-10-14-24(15-11-23)21(2)3)9-7-8-22-12-16-26(17-13-22)35-29(4,5)27(32)33;1-16(2)19-11-7-18(8-12-19)15-25-22(26)21(24-23(25)27)6-4-5-17-9-13-20(28-3)14-10-17/h10-17,20-21H,6-9,18-19H2,1-5H3,(H,32,33);7-14,16,21H,4-6,15H2,1-3H3,(H,24,27). The number of amides is 3. The summed E-state index contributed by atoms with van der Waals surface area (Å²) in [6.07, 6.45) is 7.85. The fraction of sp³-hybridized carbons (Fsp3) is 0.423. The van der Waals surface area contributed by atoms with Crippen LogP contribution in [0.2, 0.25) is 0 Å². The molecule has 1 aromatic heterocycles. The lowest BCUT2D eigenvalue weighted by Crippen LogP contribution is -2.37. The number of rotatable bonds is 20. The highest BCUT2D eigenvalue weighted by molar-refractivity contribution is 6.04. The second-order valence-electron chi connectivity index (χ2n) is 17.6. The van der Waals surface area contributed by atoms with E-state index in [9.17, 15) is 24.3 Å². The van der Waals surface area contributed by atoms with Gasteiger partial charge in [-0.15, -0.1) is 0 Å². The minimum atomic E-state index is -1.27. The molecule has 0 radical (unpaired) electrons. The number of urea groups is 1. The van der Waals surface area contributed by atoms with Gasteiger partial charge in [0.2, 0.25) is 0 Å². The number of hydrogen-bond acceptors (Lipinski definition) is 6. The van der Waals surface area contributed by atoms with E-state index in [0.29, 0.717) is 37.1 Å². The summed E-state index contributed by atoms with van der Waals surface area (Å²) in [5.74, 6) is 1.19. The molecule has 2 N–H and O–H groups in total. The Morgan fingerprint density at radius 1 is 0.714 bits per heavy atom. The molecular weight excluding hydrogens is 793 g/mol. The van der Waals surface area contributed by atoms with Crippen LogP contribution in [0.25, 0.3) is 0 Å².